The average molecular weight is 357 g/mol. The van der Waals surface area contributed by atoms with E-state index in [-0.39, 0.29) is 0 Å². The van der Waals surface area contributed by atoms with Crippen LogP contribution in [0.4, 0.5) is 0 Å². The van der Waals surface area contributed by atoms with Crippen molar-refractivity contribution in [1.29, 1.82) is 0 Å². The van der Waals surface area contributed by atoms with Gasteiger partial charge in [-0.15, -0.1) is 0 Å². The Kier molecular flexibility index (Phi) is 5.05. The van der Waals surface area contributed by atoms with Crippen molar-refractivity contribution < 1.29 is 9.47 Å². The molecule has 0 spiro atoms. The van der Waals surface area contributed by atoms with Gasteiger partial charge < -0.3 is 9.47 Å². The first-order chi connectivity index (χ1) is 6.24. The van der Waals surface area contributed by atoms with Gasteiger partial charge in [-0.1, -0.05) is 0 Å². The molecule has 0 saturated carbocycles. The van der Waals surface area contributed by atoms with Crippen LogP contribution in [0.3, 0.4) is 0 Å². The number of methoxy groups -OCH3 is 1. The lowest BCUT2D eigenvalue weighted by molar-refractivity contribution is 0.146. The Balaban J connectivity index is 2.56. The van der Waals surface area contributed by atoms with Crippen LogP contribution in [-0.2, 0) is 4.74 Å². The molecule has 1 aromatic carbocycles. The molecule has 0 atom stereocenters. The number of benzene rings is 1. The van der Waals surface area contributed by atoms with Gasteiger partial charge in [0, 0.05) is 10.7 Å². The summed E-state index contributed by atoms with van der Waals surface area (Å²) in [5.41, 5.74) is 0. The maximum atomic E-state index is 5.46. The van der Waals surface area contributed by atoms with Gasteiger partial charge >= 0.3 is 0 Å². The van der Waals surface area contributed by atoms with Crippen LogP contribution in [-0.4, -0.2) is 20.3 Å². The maximum Gasteiger partial charge on any atom is 0.133 e. The monoisotopic (exact) mass is 356 g/mol. The lowest BCUT2D eigenvalue weighted by Gasteiger charge is -2.07. The van der Waals surface area contributed by atoms with E-state index in [9.17, 15) is 0 Å². The summed E-state index contributed by atoms with van der Waals surface area (Å²) >= 11 is 5.69. The number of hydrogen-bond acceptors (Lipinski definition) is 2. The van der Waals surface area contributed by atoms with E-state index in [0.29, 0.717) is 13.2 Å². The van der Waals surface area contributed by atoms with Crippen LogP contribution in [0.5, 0.6) is 5.75 Å². The van der Waals surface area contributed by atoms with Crippen LogP contribution in [0.1, 0.15) is 0 Å². The number of halogens is 2. The molecule has 4 heteroatoms. The summed E-state index contributed by atoms with van der Waals surface area (Å²) in [5.74, 6) is 0.859. The molecule has 0 fully saturated rings. The molecule has 0 unspecified atom stereocenters. The Hall–Kier alpha value is 0.190. The number of rotatable bonds is 4. The first-order valence-corrected chi connectivity index (χ1v) is 5.68. The molecule has 72 valence electrons. The highest BCUT2D eigenvalue weighted by molar-refractivity contribution is 14.1. The van der Waals surface area contributed by atoms with Crippen molar-refractivity contribution >= 4 is 38.5 Å². The molecule has 0 saturated heterocycles. The van der Waals surface area contributed by atoms with E-state index in [2.05, 4.69) is 38.5 Å². The lowest BCUT2D eigenvalue weighted by Crippen LogP contribution is -2.04. The van der Waals surface area contributed by atoms with E-state index in [1.807, 2.05) is 18.2 Å². The summed E-state index contributed by atoms with van der Waals surface area (Å²) in [7, 11) is 1.66. The van der Waals surface area contributed by atoms with Gasteiger partial charge in [0.15, 0.2) is 0 Å². The van der Waals surface area contributed by atoms with Crippen molar-refractivity contribution in [2.24, 2.45) is 0 Å². The molecule has 0 aliphatic carbocycles. The minimum Gasteiger partial charge on any atom is -0.490 e. The van der Waals surface area contributed by atoms with Crippen LogP contribution >= 0.6 is 38.5 Å². The van der Waals surface area contributed by atoms with Crippen molar-refractivity contribution in [3.63, 3.8) is 0 Å². The van der Waals surface area contributed by atoms with Crippen molar-refractivity contribution in [2.75, 3.05) is 20.3 Å². The second-order valence-corrected chi connectivity index (χ2v) is 4.52. The molecule has 13 heavy (non-hydrogen) atoms. The van der Waals surface area contributed by atoms with E-state index < -0.39 is 0 Å². The first kappa shape index (κ1) is 11.3. The lowest BCUT2D eigenvalue weighted by atomic mass is 10.3. The smallest absolute Gasteiger partial charge is 0.133 e. The van der Waals surface area contributed by atoms with Gasteiger partial charge in [-0.25, -0.2) is 0 Å². The fourth-order valence-corrected chi connectivity index (χ4v) is 2.24. The Bertz CT molecular complexity index is 278. The molecule has 0 bridgehead atoms. The van der Waals surface area contributed by atoms with Crippen molar-refractivity contribution in [2.45, 2.75) is 0 Å². The Morgan fingerprint density at radius 2 is 2.15 bits per heavy atom. The Morgan fingerprint density at radius 1 is 1.38 bits per heavy atom. The van der Waals surface area contributed by atoms with Crippen LogP contribution < -0.4 is 4.74 Å². The fraction of sp³-hybridized carbons (Fsp3) is 0.333. The normalized spacial score (nSPS) is 10.1. The summed E-state index contributed by atoms with van der Waals surface area (Å²) in [6.45, 7) is 1.19. The molecule has 0 N–H and O–H groups in total. The van der Waals surface area contributed by atoms with E-state index in [1.165, 1.54) is 3.57 Å². The fourth-order valence-electron chi connectivity index (χ4n) is 0.827. The van der Waals surface area contributed by atoms with Gasteiger partial charge in [-0.05, 0) is 56.7 Å². The molecule has 1 rings (SSSR count). The third-order valence-corrected chi connectivity index (χ3v) is 2.73. The van der Waals surface area contributed by atoms with Crippen LogP contribution in [0.15, 0.2) is 22.7 Å². The van der Waals surface area contributed by atoms with E-state index in [4.69, 9.17) is 9.47 Å². The molecule has 0 heterocycles. The zero-order valence-electron chi connectivity index (χ0n) is 7.22. The predicted octanol–water partition coefficient (Wildman–Crippen LogP) is 3.08. The number of ether oxygens (including phenoxy) is 2. The zero-order valence-corrected chi connectivity index (χ0v) is 11.0. The van der Waals surface area contributed by atoms with Crippen molar-refractivity contribution in [3.8, 4) is 5.75 Å². The van der Waals surface area contributed by atoms with Crippen LogP contribution in [0.25, 0.3) is 0 Å². The predicted molar refractivity (Wildman–Crippen MR) is 64.2 cm³/mol. The minimum atomic E-state index is 0.579. The molecule has 0 amide bonds. The standard InChI is InChI=1S/C9H10BrIO2/c1-12-4-5-13-9-3-2-7(11)6-8(9)10/h2-3,6H,4-5H2,1H3. The third-order valence-electron chi connectivity index (χ3n) is 1.44. The molecule has 0 aromatic heterocycles. The highest BCUT2D eigenvalue weighted by Crippen LogP contribution is 2.26. The van der Waals surface area contributed by atoms with Crippen molar-refractivity contribution in [1.82, 2.24) is 0 Å². The zero-order chi connectivity index (χ0) is 9.68. The van der Waals surface area contributed by atoms with Gasteiger partial charge in [0.1, 0.15) is 12.4 Å². The largest absolute Gasteiger partial charge is 0.490 e. The van der Waals surface area contributed by atoms with Crippen molar-refractivity contribution in [3.05, 3.63) is 26.2 Å². The van der Waals surface area contributed by atoms with E-state index >= 15 is 0 Å². The van der Waals surface area contributed by atoms with Gasteiger partial charge in [-0.2, -0.15) is 0 Å². The molecule has 0 aliphatic rings. The topological polar surface area (TPSA) is 18.5 Å². The van der Waals surface area contributed by atoms with Crippen LogP contribution in [0, 0.1) is 3.57 Å². The third kappa shape index (κ3) is 3.83. The summed E-state index contributed by atoms with van der Waals surface area (Å²) in [4.78, 5) is 0. The molecule has 0 aliphatic heterocycles. The molecular weight excluding hydrogens is 347 g/mol. The maximum absolute atomic E-state index is 5.46. The highest BCUT2D eigenvalue weighted by Gasteiger charge is 2.00. The average Bonchev–Trinajstić information content (AvgIpc) is 2.09. The first-order valence-electron chi connectivity index (χ1n) is 3.81. The summed E-state index contributed by atoms with van der Waals surface area (Å²) < 4.78 is 12.5. The summed E-state index contributed by atoms with van der Waals surface area (Å²) in [6, 6.07) is 5.97. The van der Waals surface area contributed by atoms with Gasteiger partial charge in [0.25, 0.3) is 0 Å². The Labute approximate surface area is 99.9 Å². The Morgan fingerprint density at radius 3 is 2.77 bits per heavy atom. The molecule has 1 aromatic rings. The SMILES string of the molecule is COCCOc1ccc(I)cc1Br. The van der Waals surface area contributed by atoms with Gasteiger partial charge in [-0.3, -0.25) is 0 Å². The molecular formula is C9H10BrIO2. The summed E-state index contributed by atoms with van der Waals surface area (Å²) in [6.07, 6.45) is 0. The number of hydrogen-bond donors (Lipinski definition) is 0. The summed E-state index contributed by atoms with van der Waals surface area (Å²) in [5, 5.41) is 0. The van der Waals surface area contributed by atoms with E-state index in [0.717, 1.165) is 10.2 Å². The van der Waals surface area contributed by atoms with Gasteiger partial charge in [0.05, 0.1) is 11.1 Å². The second-order valence-electron chi connectivity index (χ2n) is 2.42. The van der Waals surface area contributed by atoms with Crippen LogP contribution in [0.2, 0.25) is 0 Å². The molecule has 2 nitrogen and oxygen atoms in total. The second kappa shape index (κ2) is 5.82. The minimum absolute atomic E-state index is 0.579. The quantitative estimate of drug-likeness (QED) is 0.609. The van der Waals surface area contributed by atoms with E-state index in [1.54, 1.807) is 7.11 Å². The van der Waals surface area contributed by atoms with Gasteiger partial charge in [0.2, 0.25) is 0 Å². The molecule has 0 radical (unpaired) electrons. The highest BCUT2D eigenvalue weighted by atomic mass is 127.